The molecule has 2 unspecified atom stereocenters. The van der Waals surface area contributed by atoms with Gasteiger partial charge in [0, 0.05) is 5.92 Å². The highest BCUT2D eigenvalue weighted by Gasteiger charge is 2.19. The van der Waals surface area contributed by atoms with Crippen molar-refractivity contribution in [2.24, 2.45) is 5.92 Å². The third kappa shape index (κ3) is 4.93. The summed E-state index contributed by atoms with van der Waals surface area (Å²) < 4.78 is 10.6. The number of benzene rings is 1. The van der Waals surface area contributed by atoms with Crippen LogP contribution < -0.4 is 14.8 Å². The van der Waals surface area contributed by atoms with Crippen LogP contribution in [0.25, 0.3) is 0 Å². The number of amides is 1. The van der Waals surface area contributed by atoms with Crippen molar-refractivity contribution in [1.29, 1.82) is 0 Å². The van der Waals surface area contributed by atoms with Crippen LogP contribution in [0.1, 0.15) is 58.1 Å². The van der Waals surface area contributed by atoms with Crippen molar-refractivity contribution < 1.29 is 14.3 Å². The molecule has 1 aromatic carbocycles. The van der Waals surface area contributed by atoms with Gasteiger partial charge in [0.1, 0.15) is 0 Å². The van der Waals surface area contributed by atoms with Gasteiger partial charge in [-0.15, -0.1) is 0 Å². The average molecular weight is 307 g/mol. The Morgan fingerprint density at radius 3 is 2.41 bits per heavy atom. The molecule has 0 saturated carbocycles. The number of nitrogens with one attached hydrogen (secondary N) is 1. The van der Waals surface area contributed by atoms with Crippen molar-refractivity contribution in [3.63, 3.8) is 0 Å². The summed E-state index contributed by atoms with van der Waals surface area (Å²) in [6, 6.07) is 5.68. The van der Waals surface area contributed by atoms with E-state index in [1.54, 1.807) is 14.2 Å². The largest absolute Gasteiger partial charge is 0.493 e. The van der Waals surface area contributed by atoms with Gasteiger partial charge in [0.2, 0.25) is 5.91 Å². The summed E-state index contributed by atoms with van der Waals surface area (Å²) in [5.74, 6) is 1.61. The summed E-state index contributed by atoms with van der Waals surface area (Å²) in [5.41, 5.74) is 1.01. The minimum Gasteiger partial charge on any atom is -0.493 e. The summed E-state index contributed by atoms with van der Waals surface area (Å²) in [6.45, 7) is 6.21. The van der Waals surface area contributed by atoms with Crippen LogP contribution in [0.3, 0.4) is 0 Å². The number of unbranched alkanes of at least 4 members (excludes halogenated alkanes) is 1. The molecular formula is C18H29NO3. The fourth-order valence-electron chi connectivity index (χ4n) is 2.51. The molecule has 4 heteroatoms. The van der Waals surface area contributed by atoms with Crippen LogP contribution in [0, 0.1) is 5.92 Å². The average Bonchev–Trinajstić information content (AvgIpc) is 2.54. The smallest absolute Gasteiger partial charge is 0.223 e. The highest BCUT2D eigenvalue weighted by Crippen LogP contribution is 2.30. The lowest BCUT2D eigenvalue weighted by molar-refractivity contribution is -0.126. The molecule has 22 heavy (non-hydrogen) atoms. The summed E-state index contributed by atoms with van der Waals surface area (Å²) in [6.07, 6.45) is 4.05. The molecule has 0 aliphatic carbocycles. The topological polar surface area (TPSA) is 47.6 Å². The van der Waals surface area contributed by atoms with E-state index in [0.29, 0.717) is 11.5 Å². The van der Waals surface area contributed by atoms with Gasteiger partial charge in [0.15, 0.2) is 11.5 Å². The Bertz CT molecular complexity index is 473. The van der Waals surface area contributed by atoms with Crippen LogP contribution in [0.15, 0.2) is 18.2 Å². The van der Waals surface area contributed by atoms with Crippen LogP contribution in [-0.4, -0.2) is 20.1 Å². The standard InChI is InChI=1S/C18H29NO3/c1-6-8-9-14(7-2)18(20)19-13(3)15-10-11-16(21-4)17(12-15)22-5/h10-14H,6-9H2,1-5H3,(H,19,20). The van der Waals surface area contributed by atoms with Gasteiger partial charge in [-0.3, -0.25) is 4.79 Å². The first-order chi connectivity index (χ1) is 10.6. The minimum absolute atomic E-state index is 0.0528. The van der Waals surface area contributed by atoms with Crippen LogP contribution in [-0.2, 0) is 4.79 Å². The van der Waals surface area contributed by atoms with E-state index in [9.17, 15) is 4.79 Å². The predicted octanol–water partition coefficient (Wildman–Crippen LogP) is 4.10. The first-order valence-electron chi connectivity index (χ1n) is 8.09. The Kier molecular flexibility index (Phi) is 7.78. The van der Waals surface area contributed by atoms with Crippen molar-refractivity contribution in [2.75, 3.05) is 14.2 Å². The molecule has 0 fully saturated rings. The zero-order chi connectivity index (χ0) is 16.5. The van der Waals surface area contributed by atoms with Gasteiger partial charge in [0.05, 0.1) is 20.3 Å². The van der Waals surface area contributed by atoms with E-state index in [2.05, 4.69) is 19.2 Å². The van der Waals surface area contributed by atoms with Crippen molar-refractivity contribution >= 4 is 5.91 Å². The van der Waals surface area contributed by atoms with E-state index in [0.717, 1.165) is 31.2 Å². The van der Waals surface area contributed by atoms with Crippen molar-refractivity contribution in [3.8, 4) is 11.5 Å². The first-order valence-corrected chi connectivity index (χ1v) is 8.09. The van der Waals surface area contributed by atoms with Crippen molar-refractivity contribution in [2.45, 2.75) is 52.5 Å². The second-order valence-electron chi connectivity index (χ2n) is 5.59. The molecule has 124 valence electrons. The molecule has 0 aliphatic rings. The van der Waals surface area contributed by atoms with E-state index in [-0.39, 0.29) is 17.9 Å². The van der Waals surface area contributed by atoms with Crippen LogP contribution in [0.2, 0.25) is 0 Å². The lowest BCUT2D eigenvalue weighted by atomic mass is 9.97. The van der Waals surface area contributed by atoms with Crippen molar-refractivity contribution in [1.82, 2.24) is 5.32 Å². The van der Waals surface area contributed by atoms with Crippen LogP contribution in [0.5, 0.6) is 11.5 Å². The maximum atomic E-state index is 12.4. The Morgan fingerprint density at radius 1 is 1.18 bits per heavy atom. The molecule has 2 atom stereocenters. The number of methoxy groups -OCH3 is 2. The summed E-state index contributed by atoms with van der Waals surface area (Å²) >= 11 is 0. The van der Waals surface area contributed by atoms with Gasteiger partial charge < -0.3 is 14.8 Å². The molecule has 0 bridgehead atoms. The van der Waals surface area contributed by atoms with Gasteiger partial charge in [-0.05, 0) is 37.5 Å². The van der Waals surface area contributed by atoms with E-state index in [1.807, 2.05) is 25.1 Å². The number of carbonyl (C=O) groups excluding carboxylic acids is 1. The lowest BCUT2D eigenvalue weighted by Crippen LogP contribution is -2.32. The predicted molar refractivity (Wildman–Crippen MR) is 89.4 cm³/mol. The Balaban J connectivity index is 2.75. The van der Waals surface area contributed by atoms with Crippen molar-refractivity contribution in [3.05, 3.63) is 23.8 Å². The van der Waals surface area contributed by atoms with Gasteiger partial charge in [0.25, 0.3) is 0 Å². The highest BCUT2D eigenvalue weighted by atomic mass is 16.5. The third-order valence-corrected chi connectivity index (χ3v) is 4.04. The number of ether oxygens (including phenoxy) is 2. The monoisotopic (exact) mass is 307 g/mol. The van der Waals surface area contributed by atoms with Gasteiger partial charge in [-0.1, -0.05) is 32.8 Å². The lowest BCUT2D eigenvalue weighted by Gasteiger charge is -2.20. The molecule has 1 N–H and O–H groups in total. The van der Waals surface area contributed by atoms with Gasteiger partial charge >= 0.3 is 0 Å². The molecule has 4 nitrogen and oxygen atoms in total. The molecule has 0 radical (unpaired) electrons. The highest BCUT2D eigenvalue weighted by molar-refractivity contribution is 5.79. The molecule has 0 spiro atoms. The molecule has 0 saturated heterocycles. The number of carbonyl (C=O) groups is 1. The fourth-order valence-corrected chi connectivity index (χ4v) is 2.51. The molecule has 0 aromatic heterocycles. The second kappa shape index (κ2) is 9.34. The zero-order valence-electron chi connectivity index (χ0n) is 14.4. The minimum atomic E-state index is -0.0528. The van der Waals surface area contributed by atoms with Crippen LogP contribution in [0.4, 0.5) is 0 Å². The zero-order valence-corrected chi connectivity index (χ0v) is 14.4. The number of hydrogen-bond acceptors (Lipinski definition) is 3. The summed E-state index contributed by atoms with van der Waals surface area (Å²) in [5, 5.41) is 3.11. The molecule has 1 rings (SSSR count). The Hall–Kier alpha value is -1.71. The van der Waals surface area contributed by atoms with E-state index in [4.69, 9.17) is 9.47 Å². The normalized spacial score (nSPS) is 13.3. The molecular weight excluding hydrogens is 278 g/mol. The SMILES string of the molecule is CCCCC(CC)C(=O)NC(C)c1ccc(OC)c(OC)c1. The van der Waals surface area contributed by atoms with E-state index >= 15 is 0 Å². The first kappa shape index (κ1) is 18.3. The Labute approximate surface area is 134 Å². The van der Waals surface area contributed by atoms with Crippen LogP contribution >= 0.6 is 0 Å². The quantitative estimate of drug-likeness (QED) is 0.747. The number of hydrogen-bond donors (Lipinski definition) is 1. The molecule has 1 amide bonds. The van der Waals surface area contributed by atoms with Gasteiger partial charge in [-0.25, -0.2) is 0 Å². The second-order valence-corrected chi connectivity index (χ2v) is 5.59. The van der Waals surface area contributed by atoms with E-state index in [1.165, 1.54) is 0 Å². The molecule has 1 aromatic rings. The molecule has 0 heterocycles. The number of rotatable bonds is 9. The summed E-state index contributed by atoms with van der Waals surface area (Å²) in [4.78, 5) is 12.4. The fraction of sp³-hybridized carbons (Fsp3) is 0.611. The molecule has 0 aliphatic heterocycles. The third-order valence-electron chi connectivity index (χ3n) is 4.04. The van der Waals surface area contributed by atoms with Gasteiger partial charge in [-0.2, -0.15) is 0 Å². The van der Waals surface area contributed by atoms with E-state index < -0.39 is 0 Å². The maximum absolute atomic E-state index is 12.4. The summed E-state index contributed by atoms with van der Waals surface area (Å²) in [7, 11) is 3.23. The maximum Gasteiger partial charge on any atom is 0.223 e. The Morgan fingerprint density at radius 2 is 1.86 bits per heavy atom.